The fourth-order valence-electron chi connectivity index (χ4n) is 1.38. The summed E-state index contributed by atoms with van der Waals surface area (Å²) in [6, 6.07) is 6.17. The molecule has 6 heteroatoms. The maximum atomic E-state index is 11.4. The quantitative estimate of drug-likeness (QED) is 0.821. The molecule has 6 nitrogen and oxygen atoms in total. The zero-order chi connectivity index (χ0) is 12.3. The number of carbonyl (C=O) groups is 1. The summed E-state index contributed by atoms with van der Waals surface area (Å²) in [5.74, 6) is -1.19. The summed E-state index contributed by atoms with van der Waals surface area (Å²) in [4.78, 5) is 16.2. The van der Waals surface area contributed by atoms with Crippen LogP contribution in [0.2, 0.25) is 0 Å². The fraction of sp³-hybridized carbons (Fsp3) is 0.182. The normalized spacial score (nSPS) is 10.4. The number of hydrogen-bond donors (Lipinski definition) is 2. The molecule has 0 spiro atoms. The average molecular weight is 236 g/mol. The van der Waals surface area contributed by atoms with Gasteiger partial charge in [0.1, 0.15) is 0 Å². The maximum absolute atomic E-state index is 11.4. The van der Waals surface area contributed by atoms with Gasteiger partial charge in [-0.2, -0.15) is 0 Å². The lowest BCUT2D eigenvalue weighted by atomic mass is 10.4. The van der Waals surface area contributed by atoms with Gasteiger partial charge in [-0.25, -0.2) is 4.79 Å². The summed E-state index contributed by atoms with van der Waals surface area (Å²) >= 11 is 0. The number of aryl methyl sites for hydroxylation is 1. The van der Waals surface area contributed by atoms with Gasteiger partial charge in [0.15, 0.2) is 0 Å². The molecule has 0 saturated carbocycles. The van der Waals surface area contributed by atoms with E-state index in [-0.39, 0.29) is 18.2 Å². The molecule has 0 fully saturated rings. The van der Waals surface area contributed by atoms with E-state index >= 15 is 0 Å². The highest BCUT2D eigenvalue weighted by molar-refractivity contribution is 5.69. The molecule has 0 aromatic carbocycles. The molecule has 90 valence electrons. The van der Waals surface area contributed by atoms with Crippen LogP contribution in [0.5, 0.6) is 11.8 Å². The molecule has 0 saturated heterocycles. The van der Waals surface area contributed by atoms with E-state index in [9.17, 15) is 15.0 Å². The Labute approximate surface area is 97.2 Å². The van der Waals surface area contributed by atoms with Gasteiger partial charge in [-0.3, -0.25) is 0 Å². The summed E-state index contributed by atoms with van der Waals surface area (Å²) in [5.41, 5.74) is 0. The number of carbonyl (C=O) groups excluding carboxylic acids is 1. The van der Waals surface area contributed by atoms with Crippen LogP contribution in [0.1, 0.15) is 6.42 Å². The molecule has 0 radical (unpaired) electrons. The molecule has 2 aromatic rings. The molecule has 0 aliphatic carbocycles. The highest BCUT2D eigenvalue weighted by Gasteiger charge is 2.11. The predicted molar refractivity (Wildman–Crippen MR) is 58.4 cm³/mol. The SMILES string of the molecule is O=C(CCn1cccc1)On1c(O)ccc1O. The topological polar surface area (TPSA) is 76.6 Å². The molecule has 0 unspecified atom stereocenters. The minimum absolute atomic E-state index is 0.145. The van der Waals surface area contributed by atoms with Crippen molar-refractivity contribution in [1.29, 1.82) is 0 Å². The van der Waals surface area contributed by atoms with Gasteiger partial charge in [0.2, 0.25) is 11.8 Å². The second-order valence-electron chi connectivity index (χ2n) is 3.48. The van der Waals surface area contributed by atoms with E-state index in [0.29, 0.717) is 11.3 Å². The van der Waals surface area contributed by atoms with Gasteiger partial charge in [0, 0.05) is 31.1 Å². The number of aromatic hydroxyl groups is 2. The van der Waals surface area contributed by atoms with Crippen LogP contribution in [0.15, 0.2) is 36.7 Å². The van der Waals surface area contributed by atoms with Crippen LogP contribution in [0.4, 0.5) is 0 Å². The molecule has 0 aliphatic heterocycles. The molecular weight excluding hydrogens is 224 g/mol. The molecule has 2 N–H and O–H groups in total. The lowest BCUT2D eigenvalue weighted by molar-refractivity contribution is -0.145. The van der Waals surface area contributed by atoms with Gasteiger partial charge in [-0.15, -0.1) is 4.73 Å². The molecule has 2 heterocycles. The van der Waals surface area contributed by atoms with Gasteiger partial charge < -0.3 is 19.6 Å². The summed E-state index contributed by atoms with van der Waals surface area (Å²) in [7, 11) is 0. The standard InChI is InChI=1S/C11H12N2O4/c14-9-3-4-10(15)13(9)17-11(16)5-8-12-6-1-2-7-12/h1-4,6-7,14-15H,5,8H2. The molecular formula is C11H12N2O4. The van der Waals surface area contributed by atoms with Crippen LogP contribution >= 0.6 is 0 Å². The van der Waals surface area contributed by atoms with E-state index in [4.69, 9.17) is 4.84 Å². The Bertz CT molecular complexity index is 482. The first kappa shape index (κ1) is 11.1. The summed E-state index contributed by atoms with van der Waals surface area (Å²) in [5, 5.41) is 18.5. The predicted octanol–water partition coefficient (Wildman–Crippen LogP) is 0.746. The molecule has 0 bridgehead atoms. The van der Waals surface area contributed by atoms with Crippen LogP contribution in [-0.4, -0.2) is 25.5 Å². The first-order valence-corrected chi connectivity index (χ1v) is 5.08. The van der Waals surface area contributed by atoms with Crippen LogP contribution in [0.25, 0.3) is 0 Å². The fourth-order valence-corrected chi connectivity index (χ4v) is 1.38. The minimum Gasteiger partial charge on any atom is -0.492 e. The third-order valence-electron chi connectivity index (χ3n) is 2.23. The van der Waals surface area contributed by atoms with Crippen molar-refractivity contribution in [3.63, 3.8) is 0 Å². The molecule has 17 heavy (non-hydrogen) atoms. The molecule has 2 rings (SSSR count). The summed E-state index contributed by atoms with van der Waals surface area (Å²) < 4.78 is 2.51. The third-order valence-corrected chi connectivity index (χ3v) is 2.23. The van der Waals surface area contributed by atoms with Gasteiger partial charge in [0.25, 0.3) is 0 Å². The Morgan fingerprint density at radius 1 is 1.18 bits per heavy atom. The van der Waals surface area contributed by atoms with E-state index < -0.39 is 5.97 Å². The van der Waals surface area contributed by atoms with E-state index in [1.807, 2.05) is 29.1 Å². The Kier molecular flexibility index (Phi) is 3.04. The minimum atomic E-state index is -0.541. The largest absolute Gasteiger partial charge is 0.492 e. The van der Waals surface area contributed by atoms with Crippen LogP contribution in [0, 0.1) is 0 Å². The van der Waals surface area contributed by atoms with Gasteiger partial charge in [0.05, 0.1) is 6.42 Å². The number of hydrogen-bond acceptors (Lipinski definition) is 4. The monoisotopic (exact) mass is 236 g/mol. The summed E-state index contributed by atoms with van der Waals surface area (Å²) in [6.45, 7) is 0.481. The van der Waals surface area contributed by atoms with Crippen molar-refractivity contribution in [2.45, 2.75) is 13.0 Å². The van der Waals surface area contributed by atoms with E-state index in [2.05, 4.69) is 0 Å². The number of rotatable bonds is 4. The third kappa shape index (κ3) is 2.60. The van der Waals surface area contributed by atoms with Crippen molar-refractivity contribution in [3.05, 3.63) is 36.7 Å². The Morgan fingerprint density at radius 2 is 1.76 bits per heavy atom. The van der Waals surface area contributed by atoms with Crippen molar-refractivity contribution in [2.75, 3.05) is 0 Å². The van der Waals surface area contributed by atoms with Gasteiger partial charge >= 0.3 is 5.97 Å². The van der Waals surface area contributed by atoms with Crippen molar-refractivity contribution in [3.8, 4) is 11.8 Å². The van der Waals surface area contributed by atoms with Crippen molar-refractivity contribution < 1.29 is 19.8 Å². The Hall–Kier alpha value is -2.37. The number of nitrogens with zero attached hydrogens (tertiary/aromatic N) is 2. The second kappa shape index (κ2) is 4.65. The van der Waals surface area contributed by atoms with E-state index in [0.717, 1.165) is 0 Å². The highest BCUT2D eigenvalue weighted by atomic mass is 16.7. The first-order valence-electron chi connectivity index (χ1n) is 5.08. The Balaban J connectivity index is 1.89. The molecule has 0 amide bonds. The highest BCUT2D eigenvalue weighted by Crippen LogP contribution is 2.18. The van der Waals surface area contributed by atoms with Gasteiger partial charge in [-0.1, -0.05) is 0 Å². The van der Waals surface area contributed by atoms with Crippen molar-refractivity contribution in [2.24, 2.45) is 0 Å². The smallest absolute Gasteiger partial charge is 0.335 e. The van der Waals surface area contributed by atoms with Crippen LogP contribution < -0.4 is 4.84 Å². The van der Waals surface area contributed by atoms with Gasteiger partial charge in [-0.05, 0) is 12.1 Å². The van der Waals surface area contributed by atoms with Crippen molar-refractivity contribution >= 4 is 5.97 Å². The first-order chi connectivity index (χ1) is 8.16. The number of aromatic nitrogens is 2. The lowest BCUT2D eigenvalue weighted by Crippen LogP contribution is -2.20. The Morgan fingerprint density at radius 3 is 2.35 bits per heavy atom. The average Bonchev–Trinajstić information content (AvgIpc) is 2.91. The van der Waals surface area contributed by atoms with E-state index in [1.165, 1.54) is 12.1 Å². The molecule has 0 atom stereocenters. The van der Waals surface area contributed by atoms with Crippen LogP contribution in [-0.2, 0) is 11.3 Å². The zero-order valence-corrected chi connectivity index (χ0v) is 8.98. The van der Waals surface area contributed by atoms with E-state index in [1.54, 1.807) is 0 Å². The maximum Gasteiger partial charge on any atom is 0.335 e. The van der Waals surface area contributed by atoms with Crippen molar-refractivity contribution in [1.82, 2.24) is 9.30 Å². The molecule has 0 aliphatic rings. The zero-order valence-electron chi connectivity index (χ0n) is 8.98. The lowest BCUT2D eigenvalue weighted by Gasteiger charge is -2.07. The molecule has 2 aromatic heterocycles. The second-order valence-corrected chi connectivity index (χ2v) is 3.48. The van der Waals surface area contributed by atoms with Crippen LogP contribution in [0.3, 0.4) is 0 Å². The summed E-state index contributed by atoms with van der Waals surface area (Å²) in [6.07, 6.45) is 3.81.